The number of rotatable bonds is 4. The molecule has 0 spiro atoms. The number of hydrogen-bond acceptors (Lipinski definition) is 4. The number of fused-ring (bicyclic) bond motifs is 1. The van der Waals surface area contributed by atoms with Crippen molar-refractivity contribution in [2.24, 2.45) is 0 Å². The Bertz CT molecular complexity index is 428. The Hall–Kier alpha value is -1.34. The predicted octanol–water partition coefficient (Wildman–Crippen LogP) is 3.24. The molecule has 0 aromatic heterocycles. The van der Waals surface area contributed by atoms with E-state index in [1.54, 1.807) is 11.8 Å². The van der Waals surface area contributed by atoms with Gasteiger partial charge in [-0.3, -0.25) is 0 Å². The maximum atomic E-state index is 8.73. The summed E-state index contributed by atoms with van der Waals surface area (Å²) in [6.45, 7) is 3.33. The number of benzene rings is 1. The molecule has 0 amide bonds. The van der Waals surface area contributed by atoms with Crippen LogP contribution in [0.3, 0.4) is 0 Å². The third-order valence-electron chi connectivity index (χ3n) is 2.59. The zero-order valence-electron chi connectivity index (χ0n) is 9.81. The van der Waals surface area contributed by atoms with Crippen LogP contribution in [0.2, 0.25) is 0 Å². The number of thioether (sulfide) groups is 1. The van der Waals surface area contributed by atoms with Gasteiger partial charge in [0.25, 0.3) is 0 Å². The quantitative estimate of drug-likeness (QED) is 0.768. The van der Waals surface area contributed by atoms with Gasteiger partial charge in [-0.05, 0) is 24.6 Å². The molecular weight excluding hydrogens is 234 g/mol. The smallest absolute Gasteiger partial charge is 0.162 e. The molecule has 1 atom stereocenters. The highest BCUT2D eigenvalue weighted by Gasteiger charge is 2.14. The lowest BCUT2D eigenvalue weighted by Crippen LogP contribution is -2.15. The molecule has 2 rings (SSSR count). The molecule has 1 aromatic rings. The molecule has 0 radical (unpaired) electrons. The van der Waals surface area contributed by atoms with Crippen molar-refractivity contribution in [2.45, 2.75) is 29.9 Å². The average Bonchev–Trinajstić information content (AvgIpc) is 2.38. The minimum atomic E-state index is 0.350. The monoisotopic (exact) mass is 249 g/mol. The van der Waals surface area contributed by atoms with E-state index in [4.69, 9.17) is 14.7 Å². The fourth-order valence-corrected chi connectivity index (χ4v) is 2.69. The first-order valence-corrected chi connectivity index (χ1v) is 6.64. The summed E-state index contributed by atoms with van der Waals surface area (Å²) in [5.41, 5.74) is 0. The van der Waals surface area contributed by atoms with Crippen LogP contribution in [0.1, 0.15) is 19.8 Å². The van der Waals surface area contributed by atoms with Crippen LogP contribution in [-0.2, 0) is 0 Å². The van der Waals surface area contributed by atoms with Crippen LogP contribution in [0.15, 0.2) is 23.1 Å². The zero-order chi connectivity index (χ0) is 12.1. The molecule has 0 aliphatic carbocycles. The molecule has 1 heterocycles. The number of ether oxygens (including phenoxy) is 2. The second kappa shape index (κ2) is 5.83. The molecule has 1 aliphatic rings. The van der Waals surface area contributed by atoms with Gasteiger partial charge in [-0.25, -0.2) is 0 Å². The van der Waals surface area contributed by atoms with Crippen molar-refractivity contribution in [2.75, 3.05) is 13.2 Å². The molecular formula is C13H15NO2S. The SMILES string of the molecule is CCC(CC#N)Sc1ccc2c(c1)OCCO2. The second-order valence-electron chi connectivity index (χ2n) is 3.82. The number of hydrogen-bond donors (Lipinski definition) is 0. The highest BCUT2D eigenvalue weighted by atomic mass is 32.2. The molecule has 0 bridgehead atoms. The van der Waals surface area contributed by atoms with Crippen LogP contribution in [-0.4, -0.2) is 18.5 Å². The molecule has 1 aliphatic heterocycles. The van der Waals surface area contributed by atoms with Gasteiger partial charge in [0.1, 0.15) is 13.2 Å². The van der Waals surface area contributed by atoms with E-state index in [1.807, 2.05) is 18.2 Å². The maximum absolute atomic E-state index is 8.73. The molecule has 17 heavy (non-hydrogen) atoms. The van der Waals surface area contributed by atoms with Crippen LogP contribution in [0.4, 0.5) is 0 Å². The standard InChI is InChI=1S/C13H15NO2S/c1-2-10(5-6-14)17-11-3-4-12-13(9-11)16-8-7-15-12/h3-4,9-10H,2,5,7-8H2,1H3. The van der Waals surface area contributed by atoms with E-state index in [1.165, 1.54) is 0 Å². The van der Waals surface area contributed by atoms with Crippen molar-refractivity contribution >= 4 is 11.8 Å². The summed E-state index contributed by atoms with van der Waals surface area (Å²) >= 11 is 1.73. The minimum absolute atomic E-state index is 0.350. The van der Waals surface area contributed by atoms with E-state index < -0.39 is 0 Å². The lowest BCUT2D eigenvalue weighted by Gasteiger charge is -2.19. The van der Waals surface area contributed by atoms with E-state index in [2.05, 4.69) is 13.0 Å². The maximum Gasteiger partial charge on any atom is 0.162 e. The summed E-state index contributed by atoms with van der Waals surface area (Å²) in [5, 5.41) is 9.08. The second-order valence-corrected chi connectivity index (χ2v) is 5.19. The largest absolute Gasteiger partial charge is 0.486 e. The topological polar surface area (TPSA) is 42.2 Å². The summed E-state index contributed by atoms with van der Waals surface area (Å²) in [4.78, 5) is 1.14. The Morgan fingerprint density at radius 2 is 2.12 bits per heavy atom. The summed E-state index contributed by atoms with van der Waals surface area (Å²) < 4.78 is 11.0. The Morgan fingerprint density at radius 3 is 2.82 bits per heavy atom. The molecule has 3 nitrogen and oxygen atoms in total. The minimum Gasteiger partial charge on any atom is -0.486 e. The summed E-state index contributed by atoms with van der Waals surface area (Å²) in [6, 6.07) is 8.19. The highest BCUT2D eigenvalue weighted by molar-refractivity contribution is 8.00. The third kappa shape index (κ3) is 3.07. The van der Waals surface area contributed by atoms with Gasteiger partial charge < -0.3 is 9.47 Å². The van der Waals surface area contributed by atoms with Crippen LogP contribution in [0.25, 0.3) is 0 Å². The zero-order valence-corrected chi connectivity index (χ0v) is 10.6. The van der Waals surface area contributed by atoms with Crippen LogP contribution >= 0.6 is 11.8 Å². The lowest BCUT2D eigenvalue weighted by molar-refractivity contribution is 0.171. The van der Waals surface area contributed by atoms with Crippen molar-refractivity contribution < 1.29 is 9.47 Å². The van der Waals surface area contributed by atoms with Crippen LogP contribution in [0, 0.1) is 11.3 Å². The Balaban J connectivity index is 2.09. The fraction of sp³-hybridized carbons (Fsp3) is 0.462. The van der Waals surface area contributed by atoms with Gasteiger partial charge in [-0.1, -0.05) is 6.92 Å². The van der Waals surface area contributed by atoms with Gasteiger partial charge in [0, 0.05) is 16.6 Å². The van der Waals surface area contributed by atoms with Gasteiger partial charge in [-0.15, -0.1) is 11.8 Å². The molecule has 0 saturated heterocycles. The van der Waals surface area contributed by atoms with Gasteiger partial charge in [-0.2, -0.15) is 5.26 Å². The first-order valence-electron chi connectivity index (χ1n) is 5.76. The Morgan fingerprint density at radius 1 is 1.35 bits per heavy atom. The highest BCUT2D eigenvalue weighted by Crippen LogP contribution is 2.36. The van der Waals surface area contributed by atoms with Crippen LogP contribution < -0.4 is 9.47 Å². The molecule has 90 valence electrons. The first-order chi connectivity index (χ1) is 8.33. The van der Waals surface area contributed by atoms with Gasteiger partial charge in [0.15, 0.2) is 11.5 Å². The first kappa shape index (κ1) is 12.1. The Labute approximate surface area is 106 Å². The van der Waals surface area contributed by atoms with E-state index >= 15 is 0 Å². The normalized spacial score (nSPS) is 15.1. The van der Waals surface area contributed by atoms with Crippen molar-refractivity contribution in [3.05, 3.63) is 18.2 Å². The van der Waals surface area contributed by atoms with E-state index in [0.29, 0.717) is 24.9 Å². The fourth-order valence-electron chi connectivity index (χ4n) is 1.66. The number of nitrogens with zero attached hydrogens (tertiary/aromatic N) is 1. The van der Waals surface area contributed by atoms with Crippen molar-refractivity contribution in [3.8, 4) is 17.6 Å². The van der Waals surface area contributed by atoms with E-state index in [9.17, 15) is 0 Å². The molecule has 1 unspecified atom stereocenters. The molecule has 0 saturated carbocycles. The molecule has 0 fully saturated rings. The Kier molecular flexibility index (Phi) is 4.16. The molecule has 0 N–H and O–H groups in total. The molecule has 4 heteroatoms. The van der Waals surface area contributed by atoms with Crippen LogP contribution in [0.5, 0.6) is 11.5 Å². The summed E-state index contributed by atoms with van der Waals surface area (Å²) in [7, 11) is 0. The summed E-state index contributed by atoms with van der Waals surface area (Å²) in [6.07, 6.45) is 1.57. The van der Waals surface area contributed by atoms with Crippen molar-refractivity contribution in [3.63, 3.8) is 0 Å². The van der Waals surface area contributed by atoms with Crippen molar-refractivity contribution in [1.29, 1.82) is 5.26 Å². The van der Waals surface area contributed by atoms with Crippen molar-refractivity contribution in [1.82, 2.24) is 0 Å². The summed E-state index contributed by atoms with van der Waals surface area (Å²) in [5.74, 6) is 1.63. The number of nitriles is 1. The average molecular weight is 249 g/mol. The van der Waals surface area contributed by atoms with Gasteiger partial charge >= 0.3 is 0 Å². The van der Waals surface area contributed by atoms with Gasteiger partial charge in [0.05, 0.1) is 6.07 Å². The van der Waals surface area contributed by atoms with Gasteiger partial charge in [0.2, 0.25) is 0 Å². The van der Waals surface area contributed by atoms with E-state index in [-0.39, 0.29) is 0 Å². The predicted molar refractivity (Wildman–Crippen MR) is 67.6 cm³/mol. The lowest BCUT2D eigenvalue weighted by atomic mass is 10.3. The third-order valence-corrected chi connectivity index (χ3v) is 3.95. The van der Waals surface area contributed by atoms with E-state index in [0.717, 1.165) is 22.8 Å². The molecule has 1 aromatic carbocycles.